The lowest BCUT2D eigenvalue weighted by Crippen LogP contribution is -2.17. The Bertz CT molecular complexity index is 614. The molecule has 6 heteroatoms. The molecule has 20 heavy (non-hydrogen) atoms. The average Bonchev–Trinajstić information content (AvgIpc) is 2.91. The van der Waals surface area contributed by atoms with E-state index in [2.05, 4.69) is 22.2 Å². The van der Waals surface area contributed by atoms with Gasteiger partial charge in [-0.2, -0.15) is 0 Å². The molecule has 0 saturated heterocycles. The van der Waals surface area contributed by atoms with E-state index in [4.69, 9.17) is 16.3 Å². The molecule has 0 radical (unpaired) electrons. The maximum atomic E-state index is 6.00. The van der Waals surface area contributed by atoms with Crippen LogP contribution in [0.3, 0.4) is 0 Å². The zero-order valence-electron chi connectivity index (χ0n) is 11.3. The lowest BCUT2D eigenvalue weighted by Gasteiger charge is -2.19. The molecule has 0 bridgehead atoms. The van der Waals surface area contributed by atoms with Crippen LogP contribution < -0.4 is 5.32 Å². The molecule has 1 aliphatic heterocycles. The first-order valence-corrected chi connectivity index (χ1v) is 7.94. The molecule has 2 aromatic heterocycles. The van der Waals surface area contributed by atoms with Crippen molar-refractivity contribution in [1.82, 2.24) is 9.97 Å². The second-order valence-electron chi connectivity index (χ2n) is 4.65. The third-order valence-electron chi connectivity index (χ3n) is 3.16. The van der Waals surface area contributed by atoms with E-state index in [9.17, 15) is 0 Å². The van der Waals surface area contributed by atoms with Crippen LogP contribution >= 0.6 is 22.9 Å². The van der Waals surface area contributed by atoms with Gasteiger partial charge in [0.05, 0.1) is 28.1 Å². The van der Waals surface area contributed by atoms with E-state index >= 15 is 0 Å². The summed E-state index contributed by atoms with van der Waals surface area (Å²) in [4.78, 5) is 10.3. The summed E-state index contributed by atoms with van der Waals surface area (Å²) in [7, 11) is 0. The third-order valence-corrected chi connectivity index (χ3v) is 4.39. The van der Waals surface area contributed by atoms with Crippen molar-refractivity contribution in [2.24, 2.45) is 0 Å². The van der Waals surface area contributed by atoms with Crippen LogP contribution in [0.25, 0.3) is 10.7 Å². The van der Waals surface area contributed by atoms with Crippen LogP contribution in [-0.2, 0) is 17.8 Å². The minimum Gasteiger partial charge on any atom is -0.376 e. The highest BCUT2D eigenvalue weighted by molar-refractivity contribution is 7.19. The standard InChI is InChI=1S/C14H16ClN3OS/c1-2-6-16-13-9-8-19-7-5-10(9)17-14(18-13)11-3-4-12(15)20-11/h3-4H,2,5-8H2,1H3,(H,16,17,18). The highest BCUT2D eigenvalue weighted by Crippen LogP contribution is 2.31. The van der Waals surface area contributed by atoms with Crippen molar-refractivity contribution in [1.29, 1.82) is 0 Å². The Labute approximate surface area is 127 Å². The Balaban J connectivity index is 2.03. The van der Waals surface area contributed by atoms with Crippen molar-refractivity contribution in [3.63, 3.8) is 0 Å². The number of hydrogen-bond acceptors (Lipinski definition) is 5. The van der Waals surface area contributed by atoms with Gasteiger partial charge in [-0.15, -0.1) is 11.3 Å². The largest absolute Gasteiger partial charge is 0.376 e. The van der Waals surface area contributed by atoms with Crippen LogP contribution in [0.15, 0.2) is 12.1 Å². The van der Waals surface area contributed by atoms with Crippen molar-refractivity contribution in [2.75, 3.05) is 18.5 Å². The maximum absolute atomic E-state index is 6.00. The number of halogens is 1. The minimum absolute atomic E-state index is 0.590. The van der Waals surface area contributed by atoms with Crippen molar-refractivity contribution in [3.05, 3.63) is 27.7 Å². The predicted octanol–water partition coefficient (Wildman–Crippen LogP) is 3.75. The maximum Gasteiger partial charge on any atom is 0.171 e. The Kier molecular flexibility index (Phi) is 4.19. The molecule has 0 amide bonds. The Morgan fingerprint density at radius 2 is 2.30 bits per heavy atom. The van der Waals surface area contributed by atoms with Gasteiger partial charge in [-0.1, -0.05) is 18.5 Å². The van der Waals surface area contributed by atoms with Crippen molar-refractivity contribution < 1.29 is 4.74 Å². The molecule has 0 aromatic carbocycles. The molecular weight excluding hydrogens is 294 g/mol. The quantitative estimate of drug-likeness (QED) is 0.934. The molecule has 0 aliphatic carbocycles. The molecule has 0 fully saturated rings. The second kappa shape index (κ2) is 6.08. The number of nitrogens with zero attached hydrogens (tertiary/aromatic N) is 2. The third kappa shape index (κ3) is 2.80. The topological polar surface area (TPSA) is 47.0 Å². The molecule has 1 aliphatic rings. The predicted molar refractivity (Wildman–Crippen MR) is 82.5 cm³/mol. The van der Waals surface area contributed by atoms with Crippen molar-refractivity contribution >= 4 is 28.8 Å². The number of fused-ring (bicyclic) bond motifs is 1. The van der Waals surface area contributed by atoms with Gasteiger partial charge < -0.3 is 10.1 Å². The SMILES string of the molecule is CCCNc1nc(-c2ccc(Cl)s2)nc2c1COCC2. The zero-order valence-corrected chi connectivity index (χ0v) is 12.9. The number of thiophene rings is 1. The van der Waals surface area contributed by atoms with Crippen LogP contribution in [0.2, 0.25) is 4.34 Å². The minimum atomic E-state index is 0.590. The van der Waals surface area contributed by atoms with Gasteiger partial charge in [-0.25, -0.2) is 9.97 Å². The zero-order chi connectivity index (χ0) is 13.9. The molecule has 0 atom stereocenters. The fourth-order valence-electron chi connectivity index (χ4n) is 2.17. The Hall–Kier alpha value is -1.17. The second-order valence-corrected chi connectivity index (χ2v) is 6.37. The molecule has 4 nitrogen and oxygen atoms in total. The van der Waals surface area contributed by atoms with Gasteiger partial charge >= 0.3 is 0 Å². The molecule has 106 valence electrons. The normalized spacial score (nSPS) is 14.1. The number of anilines is 1. The summed E-state index contributed by atoms with van der Waals surface area (Å²) in [6, 6.07) is 3.85. The summed E-state index contributed by atoms with van der Waals surface area (Å²) in [6.07, 6.45) is 1.89. The van der Waals surface area contributed by atoms with Crippen LogP contribution in [0.1, 0.15) is 24.6 Å². The lowest BCUT2D eigenvalue weighted by atomic mass is 10.1. The molecule has 0 spiro atoms. The summed E-state index contributed by atoms with van der Waals surface area (Å²) < 4.78 is 6.28. The number of hydrogen-bond donors (Lipinski definition) is 1. The fourth-order valence-corrected chi connectivity index (χ4v) is 3.14. The van der Waals surface area contributed by atoms with Gasteiger partial charge in [0.1, 0.15) is 5.82 Å². The van der Waals surface area contributed by atoms with E-state index in [1.807, 2.05) is 12.1 Å². The number of nitrogens with one attached hydrogen (secondary N) is 1. The monoisotopic (exact) mass is 309 g/mol. The first kappa shape index (κ1) is 13.8. The summed E-state index contributed by atoms with van der Waals surface area (Å²) in [5.74, 6) is 1.65. The van der Waals surface area contributed by atoms with Crippen LogP contribution in [0, 0.1) is 0 Å². The highest BCUT2D eigenvalue weighted by Gasteiger charge is 2.19. The van der Waals surface area contributed by atoms with Crippen molar-refractivity contribution in [2.45, 2.75) is 26.4 Å². The van der Waals surface area contributed by atoms with Crippen LogP contribution in [-0.4, -0.2) is 23.1 Å². The first-order chi connectivity index (χ1) is 9.78. The van der Waals surface area contributed by atoms with E-state index in [0.29, 0.717) is 6.61 Å². The lowest BCUT2D eigenvalue weighted by molar-refractivity contribution is 0.109. The van der Waals surface area contributed by atoms with Crippen molar-refractivity contribution in [3.8, 4) is 10.7 Å². The van der Waals surface area contributed by atoms with Gasteiger partial charge in [0.2, 0.25) is 0 Å². The van der Waals surface area contributed by atoms with Crippen LogP contribution in [0.4, 0.5) is 5.82 Å². The van der Waals surface area contributed by atoms with Gasteiger partial charge in [-0.3, -0.25) is 0 Å². The van der Waals surface area contributed by atoms with E-state index in [-0.39, 0.29) is 0 Å². The number of ether oxygens (including phenoxy) is 1. The molecule has 3 heterocycles. The summed E-state index contributed by atoms with van der Waals surface area (Å²) in [6.45, 7) is 4.35. The fraction of sp³-hybridized carbons (Fsp3) is 0.429. The van der Waals surface area contributed by atoms with Gasteiger partial charge in [0.25, 0.3) is 0 Å². The van der Waals surface area contributed by atoms with E-state index in [1.165, 1.54) is 11.3 Å². The van der Waals surface area contributed by atoms with E-state index in [1.54, 1.807) is 0 Å². The summed E-state index contributed by atoms with van der Waals surface area (Å²) in [5, 5.41) is 3.38. The molecule has 1 N–H and O–H groups in total. The number of aromatic nitrogens is 2. The smallest absolute Gasteiger partial charge is 0.171 e. The Morgan fingerprint density at radius 3 is 3.05 bits per heavy atom. The number of rotatable bonds is 4. The highest BCUT2D eigenvalue weighted by atomic mass is 35.5. The van der Waals surface area contributed by atoms with Gasteiger partial charge in [-0.05, 0) is 18.6 Å². The molecule has 0 saturated carbocycles. The van der Waals surface area contributed by atoms with Gasteiger partial charge in [0.15, 0.2) is 5.82 Å². The molecule has 0 unspecified atom stereocenters. The average molecular weight is 310 g/mol. The summed E-state index contributed by atoms with van der Waals surface area (Å²) >= 11 is 7.51. The molecule has 3 rings (SSSR count). The van der Waals surface area contributed by atoms with E-state index in [0.717, 1.165) is 58.1 Å². The summed E-state index contributed by atoms with van der Waals surface area (Å²) in [5.41, 5.74) is 2.18. The first-order valence-electron chi connectivity index (χ1n) is 6.75. The molecule has 2 aromatic rings. The van der Waals surface area contributed by atoms with Crippen LogP contribution in [0.5, 0.6) is 0 Å². The Morgan fingerprint density at radius 1 is 1.40 bits per heavy atom. The van der Waals surface area contributed by atoms with E-state index < -0.39 is 0 Å². The van der Waals surface area contributed by atoms with Gasteiger partial charge in [0, 0.05) is 18.5 Å². The molecular formula is C14H16ClN3OS.